The highest BCUT2D eigenvalue weighted by molar-refractivity contribution is 7.99. The Hall–Kier alpha value is -3.36. The zero-order valence-electron chi connectivity index (χ0n) is 16.7. The van der Waals surface area contributed by atoms with E-state index < -0.39 is 0 Å². The van der Waals surface area contributed by atoms with Gasteiger partial charge in [0.15, 0.2) is 11.0 Å². The third-order valence-electron chi connectivity index (χ3n) is 4.37. The van der Waals surface area contributed by atoms with Crippen molar-refractivity contribution in [1.82, 2.24) is 14.8 Å². The van der Waals surface area contributed by atoms with Crippen molar-refractivity contribution in [2.24, 2.45) is 0 Å². The summed E-state index contributed by atoms with van der Waals surface area (Å²) in [4.78, 5) is 12.4. The van der Waals surface area contributed by atoms with Gasteiger partial charge in [0.1, 0.15) is 18.2 Å². The second-order valence-corrected chi connectivity index (χ2v) is 7.98. The summed E-state index contributed by atoms with van der Waals surface area (Å²) in [6.07, 6.45) is 0. The van der Waals surface area contributed by atoms with Gasteiger partial charge in [0.2, 0.25) is 5.91 Å². The highest BCUT2D eigenvalue weighted by Gasteiger charge is 2.17. The maximum absolute atomic E-state index is 13.0. The van der Waals surface area contributed by atoms with Gasteiger partial charge in [-0.2, -0.15) is 0 Å². The average Bonchev–Trinajstić information content (AvgIpc) is 3.22. The van der Waals surface area contributed by atoms with Crippen LogP contribution in [0.4, 0.5) is 10.1 Å². The molecule has 1 heterocycles. The minimum absolute atomic E-state index is 0.105. The standard InChI is InChI=1S/C23H18ClFN4O2S/c24-19-8-4-5-9-20(19)31-14-21-27-28-23(29(21)18-6-2-1-3-7-18)32-15-22(30)26-17-12-10-16(25)11-13-17/h1-13H,14-15H2,(H,26,30). The summed E-state index contributed by atoms with van der Waals surface area (Å²) in [5, 5.41) is 12.3. The fourth-order valence-electron chi connectivity index (χ4n) is 2.89. The highest BCUT2D eigenvalue weighted by atomic mass is 35.5. The van der Waals surface area contributed by atoms with Gasteiger partial charge in [-0.05, 0) is 48.5 Å². The zero-order valence-corrected chi connectivity index (χ0v) is 18.3. The Bertz CT molecular complexity index is 1200. The number of anilines is 1. The van der Waals surface area contributed by atoms with Crippen molar-refractivity contribution in [3.05, 3.63) is 95.5 Å². The molecule has 0 saturated carbocycles. The van der Waals surface area contributed by atoms with Crippen molar-refractivity contribution in [3.8, 4) is 11.4 Å². The van der Waals surface area contributed by atoms with Gasteiger partial charge in [-0.1, -0.05) is 53.7 Å². The van der Waals surface area contributed by atoms with Gasteiger partial charge in [0, 0.05) is 11.4 Å². The molecule has 0 unspecified atom stereocenters. The largest absolute Gasteiger partial charge is 0.484 e. The topological polar surface area (TPSA) is 69.0 Å². The molecule has 0 aliphatic heterocycles. The Kier molecular flexibility index (Phi) is 7.03. The summed E-state index contributed by atoms with van der Waals surface area (Å²) >= 11 is 7.41. The number of para-hydroxylation sites is 2. The molecule has 9 heteroatoms. The van der Waals surface area contributed by atoms with E-state index in [0.717, 1.165) is 5.69 Å². The van der Waals surface area contributed by atoms with E-state index in [0.29, 0.717) is 27.4 Å². The number of amides is 1. The van der Waals surface area contributed by atoms with Gasteiger partial charge in [0.05, 0.1) is 10.8 Å². The first-order chi connectivity index (χ1) is 15.6. The number of ether oxygens (including phenoxy) is 1. The SMILES string of the molecule is O=C(CSc1nnc(COc2ccccc2Cl)n1-c1ccccc1)Nc1ccc(F)cc1. The average molecular weight is 469 g/mol. The number of aromatic nitrogens is 3. The van der Waals surface area contributed by atoms with Gasteiger partial charge in [0.25, 0.3) is 0 Å². The molecule has 0 bridgehead atoms. The number of benzene rings is 3. The number of hydrogen-bond acceptors (Lipinski definition) is 5. The number of nitrogens with zero attached hydrogens (tertiary/aromatic N) is 3. The number of rotatable bonds is 8. The van der Waals surface area contributed by atoms with Crippen LogP contribution in [0.2, 0.25) is 5.02 Å². The number of thioether (sulfide) groups is 1. The van der Waals surface area contributed by atoms with Crippen molar-refractivity contribution >= 4 is 35.0 Å². The molecule has 3 aromatic carbocycles. The Morgan fingerprint density at radius 1 is 1.00 bits per heavy atom. The second-order valence-electron chi connectivity index (χ2n) is 6.63. The van der Waals surface area contributed by atoms with Crippen molar-refractivity contribution in [2.45, 2.75) is 11.8 Å². The van der Waals surface area contributed by atoms with E-state index in [2.05, 4.69) is 15.5 Å². The van der Waals surface area contributed by atoms with Gasteiger partial charge >= 0.3 is 0 Å². The van der Waals surface area contributed by atoms with Crippen LogP contribution in [0.25, 0.3) is 5.69 Å². The highest BCUT2D eigenvalue weighted by Crippen LogP contribution is 2.26. The number of carbonyl (C=O) groups excluding carboxylic acids is 1. The molecule has 0 aliphatic rings. The van der Waals surface area contributed by atoms with Crippen molar-refractivity contribution < 1.29 is 13.9 Å². The molecular formula is C23H18ClFN4O2S. The van der Waals surface area contributed by atoms with E-state index in [9.17, 15) is 9.18 Å². The van der Waals surface area contributed by atoms with E-state index in [4.69, 9.17) is 16.3 Å². The van der Waals surface area contributed by atoms with Gasteiger partial charge in [-0.25, -0.2) is 4.39 Å². The normalized spacial score (nSPS) is 10.7. The first-order valence-corrected chi connectivity index (χ1v) is 11.0. The number of halogens is 2. The Morgan fingerprint density at radius 3 is 2.47 bits per heavy atom. The molecule has 0 spiro atoms. The lowest BCUT2D eigenvalue weighted by Gasteiger charge is -2.12. The molecule has 1 aromatic heterocycles. The molecule has 6 nitrogen and oxygen atoms in total. The first-order valence-electron chi connectivity index (χ1n) is 9.65. The lowest BCUT2D eigenvalue weighted by Crippen LogP contribution is -2.14. The van der Waals surface area contributed by atoms with Crippen LogP contribution in [0.5, 0.6) is 5.75 Å². The lowest BCUT2D eigenvalue weighted by atomic mass is 10.3. The molecule has 1 amide bonds. The van der Waals surface area contributed by atoms with Crippen molar-refractivity contribution in [2.75, 3.05) is 11.1 Å². The Morgan fingerprint density at radius 2 is 1.72 bits per heavy atom. The maximum atomic E-state index is 13.0. The van der Waals surface area contributed by atoms with Crippen LogP contribution in [0.15, 0.2) is 84.0 Å². The molecule has 0 fully saturated rings. The maximum Gasteiger partial charge on any atom is 0.234 e. The second kappa shape index (κ2) is 10.3. The molecule has 4 aromatic rings. The molecule has 4 rings (SSSR count). The first kappa shape index (κ1) is 21.9. The van der Waals surface area contributed by atoms with Crippen LogP contribution < -0.4 is 10.1 Å². The Balaban J connectivity index is 1.49. The third kappa shape index (κ3) is 5.46. The Labute approximate surface area is 193 Å². The number of carbonyl (C=O) groups is 1. The minimum atomic E-state index is -0.361. The zero-order chi connectivity index (χ0) is 22.3. The summed E-state index contributed by atoms with van der Waals surface area (Å²) in [5.41, 5.74) is 1.37. The van der Waals surface area contributed by atoms with Crippen molar-refractivity contribution in [3.63, 3.8) is 0 Å². The van der Waals surface area contributed by atoms with Crippen LogP contribution >= 0.6 is 23.4 Å². The molecule has 0 atom stereocenters. The van der Waals surface area contributed by atoms with Crippen LogP contribution in [0.3, 0.4) is 0 Å². The molecular weight excluding hydrogens is 451 g/mol. The summed E-state index contributed by atoms with van der Waals surface area (Å²) in [6.45, 7) is 0.147. The molecule has 0 aliphatic carbocycles. The van der Waals surface area contributed by atoms with Gasteiger partial charge in [-0.3, -0.25) is 9.36 Å². The predicted molar refractivity (Wildman–Crippen MR) is 123 cm³/mol. The molecule has 0 radical (unpaired) electrons. The molecule has 32 heavy (non-hydrogen) atoms. The van der Waals surface area contributed by atoms with Gasteiger partial charge in [-0.15, -0.1) is 10.2 Å². The number of hydrogen-bond donors (Lipinski definition) is 1. The van der Waals surface area contributed by atoms with Crippen LogP contribution in [0.1, 0.15) is 5.82 Å². The lowest BCUT2D eigenvalue weighted by molar-refractivity contribution is -0.113. The minimum Gasteiger partial charge on any atom is -0.484 e. The molecule has 0 saturated heterocycles. The van der Waals surface area contributed by atoms with E-state index in [-0.39, 0.29) is 24.1 Å². The quantitative estimate of drug-likeness (QED) is 0.352. The van der Waals surface area contributed by atoms with Gasteiger partial charge < -0.3 is 10.1 Å². The van der Waals surface area contributed by atoms with E-state index in [1.54, 1.807) is 12.1 Å². The fraction of sp³-hybridized carbons (Fsp3) is 0.0870. The number of nitrogens with one attached hydrogen (secondary N) is 1. The van der Waals surface area contributed by atoms with Crippen molar-refractivity contribution in [1.29, 1.82) is 0 Å². The smallest absolute Gasteiger partial charge is 0.234 e. The molecule has 1 N–H and O–H groups in total. The van der Waals surface area contributed by atoms with E-state index >= 15 is 0 Å². The monoisotopic (exact) mass is 468 g/mol. The fourth-order valence-corrected chi connectivity index (χ4v) is 3.85. The van der Waals surface area contributed by atoms with E-state index in [1.165, 1.54) is 36.0 Å². The summed E-state index contributed by atoms with van der Waals surface area (Å²) in [5.74, 6) is 0.619. The molecule has 162 valence electrons. The summed E-state index contributed by atoms with van der Waals surface area (Å²) < 4.78 is 20.7. The third-order valence-corrected chi connectivity index (χ3v) is 5.61. The van der Waals surface area contributed by atoms with Crippen LogP contribution in [-0.2, 0) is 11.4 Å². The summed E-state index contributed by atoms with van der Waals surface area (Å²) in [7, 11) is 0. The van der Waals surface area contributed by atoms with Crippen LogP contribution in [0, 0.1) is 5.82 Å². The van der Waals surface area contributed by atoms with E-state index in [1.807, 2.05) is 47.0 Å². The summed E-state index contributed by atoms with van der Waals surface area (Å²) in [6, 6.07) is 22.4. The predicted octanol–water partition coefficient (Wildman–Crippen LogP) is 5.37. The van der Waals surface area contributed by atoms with Crippen LogP contribution in [-0.4, -0.2) is 26.4 Å².